The van der Waals surface area contributed by atoms with Crippen LogP contribution in [0.4, 0.5) is 0 Å². The lowest BCUT2D eigenvalue weighted by atomic mass is 9.51. The lowest BCUT2D eigenvalue weighted by Crippen LogP contribution is -2.50. The second kappa shape index (κ2) is 8.59. The Labute approximate surface area is 156 Å². The summed E-state index contributed by atoms with van der Waals surface area (Å²) < 4.78 is 0. The molecule has 0 amide bonds. The van der Waals surface area contributed by atoms with Gasteiger partial charge in [0.05, 0.1) is 12.0 Å². The van der Waals surface area contributed by atoms with Crippen molar-refractivity contribution >= 4 is 5.97 Å². The zero-order chi connectivity index (χ0) is 18.7. The van der Waals surface area contributed by atoms with E-state index in [2.05, 4.69) is 24.8 Å². The fourth-order valence-corrected chi connectivity index (χ4v) is 5.36. The first-order valence-corrected chi connectivity index (χ1v) is 10.3. The highest BCUT2D eigenvalue weighted by atomic mass is 16.4. The van der Waals surface area contributed by atoms with E-state index in [1.807, 2.05) is 0 Å². The summed E-state index contributed by atoms with van der Waals surface area (Å²) >= 11 is 0. The van der Waals surface area contributed by atoms with Crippen LogP contribution in [-0.2, 0) is 4.79 Å². The number of hydrogen-bond acceptors (Lipinski definition) is 3. The van der Waals surface area contributed by atoms with Gasteiger partial charge in [-0.3, -0.25) is 4.79 Å². The molecule has 6 atom stereocenters. The van der Waals surface area contributed by atoms with Gasteiger partial charge in [0, 0.05) is 6.42 Å². The van der Waals surface area contributed by atoms with Crippen LogP contribution in [-0.4, -0.2) is 33.5 Å². The largest absolute Gasteiger partial charge is 0.481 e. The number of carboxylic acids is 1. The summed E-state index contributed by atoms with van der Waals surface area (Å²) in [6.45, 7) is 2.16. The average Bonchev–Trinajstić information content (AvgIpc) is 2.64. The Morgan fingerprint density at radius 3 is 2.65 bits per heavy atom. The molecular weight excluding hydrogens is 328 g/mol. The Balaban J connectivity index is 1.65. The van der Waals surface area contributed by atoms with Crippen molar-refractivity contribution in [2.45, 2.75) is 76.9 Å². The molecule has 0 aromatic heterocycles. The molecule has 0 radical (unpaired) electrons. The second-order valence-electron chi connectivity index (χ2n) is 8.41. The number of aliphatic hydroxyl groups is 2. The summed E-state index contributed by atoms with van der Waals surface area (Å²) in [6.07, 6.45) is 9.31. The van der Waals surface area contributed by atoms with Gasteiger partial charge in [-0.2, -0.15) is 0 Å². The van der Waals surface area contributed by atoms with Crippen LogP contribution in [0, 0.1) is 41.4 Å². The quantitative estimate of drug-likeness (QED) is 0.530. The van der Waals surface area contributed by atoms with Crippen LogP contribution in [0.3, 0.4) is 0 Å². The van der Waals surface area contributed by atoms with Gasteiger partial charge in [-0.15, -0.1) is 0 Å². The first-order chi connectivity index (χ1) is 12.5. The van der Waals surface area contributed by atoms with Gasteiger partial charge < -0.3 is 15.3 Å². The monoisotopic (exact) mass is 360 g/mol. The maximum absolute atomic E-state index is 10.7. The third-order valence-electron chi connectivity index (χ3n) is 6.83. The summed E-state index contributed by atoms with van der Waals surface area (Å²) in [5, 5.41) is 29.7. The third-order valence-corrected chi connectivity index (χ3v) is 6.83. The van der Waals surface area contributed by atoms with E-state index in [4.69, 9.17) is 5.11 Å². The summed E-state index contributed by atoms with van der Waals surface area (Å²) in [5.74, 6) is 6.89. The van der Waals surface area contributed by atoms with Gasteiger partial charge in [-0.25, -0.2) is 0 Å². The first kappa shape index (κ1) is 19.5. The highest BCUT2D eigenvalue weighted by Crippen LogP contribution is 2.55. The highest BCUT2D eigenvalue weighted by Gasteiger charge is 2.51. The SMILES string of the molecule is CC1/C(=C/CCC(=O)O)[C@H]2CC[C@@H](O)[C@H](C#CC(O)C3CCCCC3)[C@@H]12. The van der Waals surface area contributed by atoms with Crippen LogP contribution in [0.1, 0.15) is 64.7 Å². The van der Waals surface area contributed by atoms with E-state index in [0.717, 1.165) is 25.7 Å². The molecule has 3 rings (SSSR count). The van der Waals surface area contributed by atoms with Crippen LogP contribution in [0.5, 0.6) is 0 Å². The molecule has 0 bridgehead atoms. The number of fused-ring (bicyclic) bond motifs is 1. The minimum Gasteiger partial charge on any atom is -0.481 e. The molecule has 26 heavy (non-hydrogen) atoms. The van der Waals surface area contributed by atoms with E-state index >= 15 is 0 Å². The van der Waals surface area contributed by atoms with Crippen LogP contribution in [0.2, 0.25) is 0 Å². The predicted molar refractivity (Wildman–Crippen MR) is 100 cm³/mol. The molecule has 0 aromatic carbocycles. The zero-order valence-electron chi connectivity index (χ0n) is 15.7. The molecule has 144 valence electrons. The first-order valence-electron chi connectivity index (χ1n) is 10.3. The number of rotatable bonds is 4. The maximum Gasteiger partial charge on any atom is 0.303 e. The van der Waals surface area contributed by atoms with Crippen molar-refractivity contribution in [3.05, 3.63) is 11.6 Å². The maximum atomic E-state index is 10.7. The summed E-state index contributed by atoms with van der Waals surface area (Å²) in [5.41, 5.74) is 1.35. The van der Waals surface area contributed by atoms with Crippen molar-refractivity contribution in [1.82, 2.24) is 0 Å². The van der Waals surface area contributed by atoms with Crippen LogP contribution < -0.4 is 0 Å². The molecule has 3 saturated carbocycles. The third kappa shape index (κ3) is 4.15. The predicted octanol–water partition coefficient (Wildman–Crippen LogP) is 3.38. The number of carboxylic acid groups (broad SMARTS) is 1. The highest BCUT2D eigenvalue weighted by molar-refractivity contribution is 5.66. The van der Waals surface area contributed by atoms with E-state index in [-0.39, 0.29) is 18.3 Å². The summed E-state index contributed by atoms with van der Waals surface area (Å²) in [7, 11) is 0. The molecule has 0 aliphatic heterocycles. The number of carbonyl (C=O) groups is 1. The average molecular weight is 360 g/mol. The number of allylic oxidation sites excluding steroid dienone is 2. The Morgan fingerprint density at radius 2 is 1.96 bits per heavy atom. The molecule has 3 fully saturated rings. The number of hydrogen-bond donors (Lipinski definition) is 3. The normalized spacial score (nSPS) is 37.2. The molecule has 0 heterocycles. The van der Waals surface area contributed by atoms with E-state index in [0.29, 0.717) is 24.2 Å². The fourth-order valence-electron chi connectivity index (χ4n) is 5.36. The van der Waals surface area contributed by atoms with Crippen molar-refractivity contribution in [3.8, 4) is 11.8 Å². The Hall–Kier alpha value is -1.31. The topological polar surface area (TPSA) is 77.8 Å². The Kier molecular flexibility index (Phi) is 6.42. The van der Waals surface area contributed by atoms with Crippen molar-refractivity contribution < 1.29 is 20.1 Å². The molecule has 3 N–H and O–H groups in total. The van der Waals surface area contributed by atoms with Gasteiger partial charge in [0.2, 0.25) is 0 Å². The zero-order valence-corrected chi connectivity index (χ0v) is 15.7. The van der Waals surface area contributed by atoms with Crippen molar-refractivity contribution in [3.63, 3.8) is 0 Å². The smallest absolute Gasteiger partial charge is 0.303 e. The van der Waals surface area contributed by atoms with Crippen molar-refractivity contribution in [2.75, 3.05) is 0 Å². The van der Waals surface area contributed by atoms with Crippen LogP contribution >= 0.6 is 0 Å². The molecular formula is C22H32O4. The lowest BCUT2D eigenvalue weighted by Gasteiger charge is -2.53. The fraction of sp³-hybridized carbons (Fsp3) is 0.773. The lowest BCUT2D eigenvalue weighted by molar-refractivity contribution is -0.136. The van der Waals surface area contributed by atoms with Gasteiger partial charge in [0.25, 0.3) is 0 Å². The van der Waals surface area contributed by atoms with Gasteiger partial charge in [-0.1, -0.05) is 49.7 Å². The summed E-state index contributed by atoms with van der Waals surface area (Å²) in [4.78, 5) is 10.7. The Bertz CT molecular complexity index is 593. The Morgan fingerprint density at radius 1 is 1.23 bits per heavy atom. The molecule has 4 heteroatoms. The number of aliphatic hydroxyl groups excluding tert-OH is 2. The minimum atomic E-state index is -0.759. The second-order valence-corrected chi connectivity index (χ2v) is 8.41. The molecule has 0 spiro atoms. The number of aliphatic carboxylic acids is 1. The van der Waals surface area contributed by atoms with Crippen LogP contribution in [0.25, 0.3) is 0 Å². The van der Waals surface area contributed by atoms with Gasteiger partial charge in [0.1, 0.15) is 6.10 Å². The standard InChI is InChI=1S/C22H32O4/c1-14-16(8-5-9-21(25)26)17-10-13-20(24)18(22(14)17)11-12-19(23)15-6-3-2-4-7-15/h8,14-15,17-20,22-24H,2-7,9-10,13H2,1H3,(H,25,26)/b16-8-/t14?,17-,18+,19?,20-,22+/m1/s1. The van der Waals surface area contributed by atoms with Gasteiger partial charge in [-0.05, 0) is 55.8 Å². The van der Waals surface area contributed by atoms with E-state index in [1.165, 1.54) is 24.8 Å². The summed E-state index contributed by atoms with van der Waals surface area (Å²) in [6, 6.07) is 0. The van der Waals surface area contributed by atoms with Crippen molar-refractivity contribution in [2.24, 2.45) is 29.6 Å². The van der Waals surface area contributed by atoms with E-state index in [1.54, 1.807) is 0 Å². The molecule has 2 unspecified atom stereocenters. The molecule has 0 aromatic rings. The van der Waals surface area contributed by atoms with Crippen molar-refractivity contribution in [1.29, 1.82) is 0 Å². The van der Waals surface area contributed by atoms with Crippen LogP contribution in [0.15, 0.2) is 11.6 Å². The molecule has 0 saturated heterocycles. The molecule has 3 aliphatic rings. The van der Waals surface area contributed by atoms with E-state index in [9.17, 15) is 15.0 Å². The van der Waals surface area contributed by atoms with E-state index < -0.39 is 18.2 Å². The minimum absolute atomic E-state index is 0.0707. The molecule has 4 nitrogen and oxygen atoms in total. The van der Waals surface area contributed by atoms with Gasteiger partial charge >= 0.3 is 5.97 Å². The molecule has 3 aliphatic carbocycles. The van der Waals surface area contributed by atoms with Gasteiger partial charge in [0.15, 0.2) is 0 Å².